The summed E-state index contributed by atoms with van der Waals surface area (Å²) in [6.45, 7) is 9.67. The number of thiophene rings is 1. The molecule has 3 rings (SSSR count). The van der Waals surface area contributed by atoms with E-state index < -0.39 is 0 Å². The van der Waals surface area contributed by atoms with Crippen LogP contribution in [0.2, 0.25) is 0 Å². The van der Waals surface area contributed by atoms with Crippen LogP contribution in [0.3, 0.4) is 0 Å². The molecule has 23 heavy (non-hydrogen) atoms. The van der Waals surface area contributed by atoms with E-state index >= 15 is 0 Å². The van der Waals surface area contributed by atoms with Crippen molar-refractivity contribution in [2.75, 3.05) is 44.2 Å². The molecule has 0 radical (unpaired) electrons. The molecule has 0 unspecified atom stereocenters. The van der Waals surface area contributed by atoms with E-state index in [1.54, 1.807) is 0 Å². The van der Waals surface area contributed by atoms with Gasteiger partial charge in [0.2, 0.25) is 5.95 Å². The van der Waals surface area contributed by atoms with Crippen LogP contribution in [0.5, 0.6) is 0 Å². The third-order valence-electron chi connectivity index (χ3n) is 4.29. The Morgan fingerprint density at radius 3 is 2.65 bits per heavy atom. The van der Waals surface area contributed by atoms with Crippen molar-refractivity contribution in [2.45, 2.75) is 19.9 Å². The lowest BCUT2D eigenvalue weighted by molar-refractivity contribution is 0.253. The van der Waals surface area contributed by atoms with Gasteiger partial charge < -0.3 is 10.2 Å². The zero-order valence-electron chi connectivity index (χ0n) is 13.7. The molecule has 0 aromatic carbocycles. The molecule has 2 aromatic heterocycles. The molecule has 2 aromatic rings. The Bertz CT molecular complexity index is 578. The quantitative estimate of drug-likeness (QED) is 0.788. The maximum Gasteiger partial charge on any atom is 0.225 e. The minimum atomic E-state index is 0.861. The molecule has 0 aliphatic carbocycles. The minimum Gasteiger partial charge on any atom is -0.338 e. The molecule has 124 valence electrons. The maximum absolute atomic E-state index is 4.33. The van der Waals surface area contributed by atoms with Crippen LogP contribution in [0.4, 0.5) is 5.95 Å². The first-order valence-electron chi connectivity index (χ1n) is 8.31. The molecule has 1 aliphatic heterocycles. The summed E-state index contributed by atoms with van der Waals surface area (Å²) >= 11 is 1.84. The number of hydrogen-bond acceptors (Lipinski definition) is 6. The van der Waals surface area contributed by atoms with Crippen LogP contribution >= 0.6 is 11.3 Å². The van der Waals surface area contributed by atoms with Crippen LogP contribution < -0.4 is 10.2 Å². The van der Waals surface area contributed by atoms with Crippen LogP contribution in [0.15, 0.2) is 29.9 Å². The van der Waals surface area contributed by atoms with E-state index in [1.165, 1.54) is 23.4 Å². The Balaban J connectivity index is 1.30. The predicted molar refractivity (Wildman–Crippen MR) is 96.1 cm³/mol. The van der Waals surface area contributed by atoms with Crippen molar-refractivity contribution in [1.82, 2.24) is 20.2 Å². The van der Waals surface area contributed by atoms with E-state index in [-0.39, 0.29) is 0 Å². The fraction of sp³-hybridized carbons (Fsp3) is 0.529. The number of anilines is 1. The van der Waals surface area contributed by atoms with Gasteiger partial charge in [0.05, 0.1) is 0 Å². The van der Waals surface area contributed by atoms with Crippen molar-refractivity contribution in [3.63, 3.8) is 0 Å². The third-order valence-corrected chi connectivity index (χ3v) is 5.31. The molecular formula is C17H25N5S. The minimum absolute atomic E-state index is 0.861. The summed E-state index contributed by atoms with van der Waals surface area (Å²) in [5.74, 6) is 0.861. The zero-order valence-corrected chi connectivity index (χ0v) is 14.6. The van der Waals surface area contributed by atoms with Gasteiger partial charge in [-0.3, -0.25) is 4.90 Å². The monoisotopic (exact) mass is 331 g/mol. The number of nitrogens with one attached hydrogen (secondary N) is 1. The molecule has 0 saturated carbocycles. The van der Waals surface area contributed by atoms with Crippen molar-refractivity contribution in [1.29, 1.82) is 0 Å². The van der Waals surface area contributed by atoms with Gasteiger partial charge in [-0.25, -0.2) is 9.97 Å². The van der Waals surface area contributed by atoms with Gasteiger partial charge in [0, 0.05) is 50.0 Å². The van der Waals surface area contributed by atoms with Crippen LogP contribution in [0, 0.1) is 6.92 Å². The molecule has 1 fully saturated rings. The molecule has 1 aliphatic rings. The first-order valence-corrected chi connectivity index (χ1v) is 9.19. The average molecular weight is 331 g/mol. The normalized spacial score (nSPS) is 16.0. The van der Waals surface area contributed by atoms with Gasteiger partial charge in [0.15, 0.2) is 0 Å². The smallest absolute Gasteiger partial charge is 0.225 e. The Morgan fingerprint density at radius 1 is 1.17 bits per heavy atom. The Morgan fingerprint density at radius 2 is 1.96 bits per heavy atom. The summed E-state index contributed by atoms with van der Waals surface area (Å²) in [5, 5.41) is 5.73. The van der Waals surface area contributed by atoms with E-state index in [2.05, 4.69) is 43.5 Å². The average Bonchev–Trinajstić information content (AvgIpc) is 3.01. The highest BCUT2D eigenvalue weighted by Gasteiger charge is 2.17. The Kier molecular flexibility index (Phi) is 5.96. The highest BCUT2D eigenvalue weighted by Crippen LogP contribution is 2.14. The van der Waals surface area contributed by atoms with Crippen LogP contribution in [0.25, 0.3) is 0 Å². The van der Waals surface area contributed by atoms with E-state index in [0.717, 1.165) is 45.2 Å². The highest BCUT2D eigenvalue weighted by atomic mass is 32.1. The summed E-state index contributed by atoms with van der Waals surface area (Å²) in [6.07, 6.45) is 4.83. The summed E-state index contributed by atoms with van der Waals surface area (Å²) in [7, 11) is 0. The summed E-state index contributed by atoms with van der Waals surface area (Å²) in [5.41, 5.74) is 1.40. The van der Waals surface area contributed by atoms with E-state index in [9.17, 15) is 0 Å². The first kappa shape index (κ1) is 16.4. The SMILES string of the molecule is Cc1ccsc1CNCCCN1CCN(c2ncccn2)CC1. The van der Waals surface area contributed by atoms with Gasteiger partial charge in [-0.05, 0) is 49.5 Å². The number of hydrogen-bond donors (Lipinski definition) is 1. The second-order valence-corrected chi connectivity index (χ2v) is 6.94. The Labute approximate surface area is 142 Å². The van der Waals surface area contributed by atoms with Crippen molar-refractivity contribution in [3.05, 3.63) is 40.3 Å². The summed E-state index contributed by atoms with van der Waals surface area (Å²) < 4.78 is 0. The van der Waals surface area contributed by atoms with E-state index in [0.29, 0.717) is 0 Å². The van der Waals surface area contributed by atoms with Gasteiger partial charge in [-0.15, -0.1) is 11.3 Å². The first-order chi connectivity index (χ1) is 11.3. The van der Waals surface area contributed by atoms with Gasteiger partial charge in [-0.1, -0.05) is 0 Å². The van der Waals surface area contributed by atoms with Crippen LogP contribution in [0.1, 0.15) is 16.9 Å². The molecule has 0 spiro atoms. The molecule has 0 atom stereocenters. The fourth-order valence-corrected chi connectivity index (χ4v) is 3.72. The van der Waals surface area contributed by atoms with Gasteiger partial charge in [-0.2, -0.15) is 0 Å². The second kappa shape index (κ2) is 8.38. The molecule has 0 amide bonds. The third kappa shape index (κ3) is 4.73. The lowest BCUT2D eigenvalue weighted by Gasteiger charge is -2.34. The van der Waals surface area contributed by atoms with Crippen LogP contribution in [-0.2, 0) is 6.54 Å². The molecule has 0 bridgehead atoms. The molecule has 3 heterocycles. The molecule has 5 nitrogen and oxygen atoms in total. The second-order valence-electron chi connectivity index (χ2n) is 5.93. The van der Waals surface area contributed by atoms with Gasteiger partial charge in [0.1, 0.15) is 0 Å². The van der Waals surface area contributed by atoms with Crippen molar-refractivity contribution in [2.24, 2.45) is 0 Å². The number of aromatic nitrogens is 2. The zero-order chi connectivity index (χ0) is 15.9. The number of piperazine rings is 1. The Hall–Kier alpha value is -1.50. The number of nitrogens with zero attached hydrogens (tertiary/aromatic N) is 4. The molecule has 1 N–H and O–H groups in total. The topological polar surface area (TPSA) is 44.3 Å². The standard InChI is InChI=1S/C17H25N5S/c1-15-4-13-23-16(15)14-18-5-3-8-21-9-11-22(12-10-21)17-19-6-2-7-20-17/h2,4,6-7,13,18H,3,5,8-12,14H2,1H3. The highest BCUT2D eigenvalue weighted by molar-refractivity contribution is 7.10. The lowest BCUT2D eigenvalue weighted by Crippen LogP contribution is -2.47. The van der Waals surface area contributed by atoms with Crippen molar-refractivity contribution in [3.8, 4) is 0 Å². The largest absolute Gasteiger partial charge is 0.338 e. The number of aryl methyl sites for hydroxylation is 1. The van der Waals surface area contributed by atoms with Crippen LogP contribution in [-0.4, -0.2) is 54.1 Å². The van der Waals surface area contributed by atoms with E-state index in [4.69, 9.17) is 0 Å². The summed E-state index contributed by atoms with van der Waals surface area (Å²) in [6, 6.07) is 4.06. The molecular weight excluding hydrogens is 306 g/mol. The van der Waals surface area contributed by atoms with Crippen molar-refractivity contribution >= 4 is 17.3 Å². The van der Waals surface area contributed by atoms with E-state index in [1.807, 2.05) is 29.8 Å². The van der Waals surface area contributed by atoms with Gasteiger partial charge >= 0.3 is 0 Å². The molecule has 6 heteroatoms. The lowest BCUT2D eigenvalue weighted by atomic mass is 10.2. The van der Waals surface area contributed by atoms with Gasteiger partial charge in [0.25, 0.3) is 0 Å². The predicted octanol–water partition coefficient (Wildman–Crippen LogP) is 2.15. The fourth-order valence-electron chi connectivity index (χ4n) is 2.84. The van der Waals surface area contributed by atoms with Crippen molar-refractivity contribution < 1.29 is 0 Å². The number of rotatable bonds is 7. The maximum atomic E-state index is 4.33. The molecule has 1 saturated heterocycles. The summed E-state index contributed by atoms with van der Waals surface area (Å²) in [4.78, 5) is 14.9.